The van der Waals surface area contributed by atoms with E-state index in [2.05, 4.69) is 21.5 Å². The van der Waals surface area contributed by atoms with Crippen molar-refractivity contribution < 1.29 is 9.53 Å². The highest BCUT2D eigenvalue weighted by molar-refractivity contribution is 5.93. The quantitative estimate of drug-likeness (QED) is 0.653. The molecule has 30 heavy (non-hydrogen) atoms. The molecule has 1 atom stereocenters. The normalized spacial score (nSPS) is 15.8. The van der Waals surface area contributed by atoms with E-state index >= 15 is 0 Å². The SMILES string of the molecule is COCCCCNC(=O)c1ccc(-n2[nH]cc(C3=C(C)CC(C#N)C=C3)c2=O)nc1. The van der Waals surface area contributed by atoms with Crippen molar-refractivity contribution in [2.45, 2.75) is 26.2 Å². The number of H-pyrrole nitrogens is 1. The Hall–Kier alpha value is -3.44. The van der Waals surface area contributed by atoms with Gasteiger partial charge in [-0.2, -0.15) is 5.26 Å². The average Bonchev–Trinajstić information content (AvgIpc) is 3.14. The van der Waals surface area contributed by atoms with Gasteiger partial charge in [0.2, 0.25) is 0 Å². The van der Waals surface area contributed by atoms with E-state index in [0.717, 1.165) is 24.0 Å². The molecular weight excluding hydrogens is 382 g/mol. The van der Waals surface area contributed by atoms with Gasteiger partial charge < -0.3 is 10.1 Å². The Bertz CT molecular complexity index is 1050. The van der Waals surface area contributed by atoms with E-state index in [1.807, 2.05) is 19.1 Å². The third-order valence-electron chi connectivity index (χ3n) is 5.01. The number of nitrogens with one attached hydrogen (secondary N) is 2. The lowest BCUT2D eigenvalue weighted by Gasteiger charge is -2.14. The van der Waals surface area contributed by atoms with Gasteiger partial charge >= 0.3 is 0 Å². The number of unbranched alkanes of at least 4 members (excludes halogenated alkanes) is 1. The predicted octanol–water partition coefficient (Wildman–Crippen LogP) is 2.59. The number of hydrogen-bond acceptors (Lipinski definition) is 5. The minimum Gasteiger partial charge on any atom is -0.385 e. The van der Waals surface area contributed by atoms with Gasteiger partial charge in [-0.15, -0.1) is 0 Å². The average molecular weight is 407 g/mol. The van der Waals surface area contributed by atoms with Crippen molar-refractivity contribution in [1.82, 2.24) is 20.1 Å². The van der Waals surface area contributed by atoms with E-state index in [1.54, 1.807) is 25.4 Å². The van der Waals surface area contributed by atoms with Crippen LogP contribution in [0.15, 0.2) is 47.0 Å². The van der Waals surface area contributed by atoms with Crippen molar-refractivity contribution in [2.24, 2.45) is 5.92 Å². The maximum Gasteiger partial charge on any atom is 0.280 e. The van der Waals surface area contributed by atoms with Crippen molar-refractivity contribution in [2.75, 3.05) is 20.3 Å². The first-order valence-corrected chi connectivity index (χ1v) is 9.87. The molecule has 2 aromatic heterocycles. The number of hydrogen-bond donors (Lipinski definition) is 2. The summed E-state index contributed by atoms with van der Waals surface area (Å²) in [7, 11) is 1.65. The highest BCUT2D eigenvalue weighted by Gasteiger charge is 2.18. The molecule has 2 heterocycles. The molecule has 0 aromatic carbocycles. The molecule has 156 valence electrons. The summed E-state index contributed by atoms with van der Waals surface area (Å²) in [5, 5.41) is 14.9. The van der Waals surface area contributed by atoms with Crippen LogP contribution in [0.5, 0.6) is 0 Å². The summed E-state index contributed by atoms with van der Waals surface area (Å²) in [6.07, 6.45) is 9.07. The van der Waals surface area contributed by atoms with Gasteiger partial charge in [-0.3, -0.25) is 14.7 Å². The molecule has 0 radical (unpaired) electrons. The Morgan fingerprint density at radius 1 is 1.43 bits per heavy atom. The Morgan fingerprint density at radius 3 is 2.93 bits per heavy atom. The minimum atomic E-state index is -0.229. The van der Waals surface area contributed by atoms with Crippen LogP contribution in [0.4, 0.5) is 0 Å². The second-order valence-electron chi connectivity index (χ2n) is 7.18. The second kappa shape index (κ2) is 9.85. The maximum absolute atomic E-state index is 12.9. The van der Waals surface area contributed by atoms with Crippen LogP contribution in [0.2, 0.25) is 0 Å². The molecule has 0 fully saturated rings. The third kappa shape index (κ3) is 4.75. The zero-order chi connectivity index (χ0) is 21.5. The number of carbonyl (C=O) groups is 1. The maximum atomic E-state index is 12.9. The molecule has 0 aliphatic heterocycles. The van der Waals surface area contributed by atoms with E-state index in [0.29, 0.717) is 36.5 Å². The lowest BCUT2D eigenvalue weighted by molar-refractivity contribution is 0.0951. The number of aromatic nitrogens is 3. The van der Waals surface area contributed by atoms with E-state index in [9.17, 15) is 9.59 Å². The van der Waals surface area contributed by atoms with Crippen molar-refractivity contribution in [3.8, 4) is 11.9 Å². The molecule has 2 aromatic rings. The minimum absolute atomic E-state index is 0.157. The number of rotatable bonds is 8. The summed E-state index contributed by atoms with van der Waals surface area (Å²) < 4.78 is 6.32. The van der Waals surface area contributed by atoms with Crippen molar-refractivity contribution in [3.05, 3.63) is 63.7 Å². The second-order valence-corrected chi connectivity index (χ2v) is 7.18. The van der Waals surface area contributed by atoms with Crippen molar-refractivity contribution in [3.63, 3.8) is 0 Å². The number of amides is 1. The molecular formula is C22H25N5O3. The number of carbonyl (C=O) groups excluding carboxylic acids is 1. The van der Waals surface area contributed by atoms with Crippen LogP contribution >= 0.6 is 0 Å². The van der Waals surface area contributed by atoms with Gasteiger partial charge in [-0.25, -0.2) is 9.67 Å². The molecule has 0 bridgehead atoms. The molecule has 1 aliphatic carbocycles. The Morgan fingerprint density at radius 2 is 2.27 bits per heavy atom. The van der Waals surface area contributed by atoms with Crippen LogP contribution in [-0.2, 0) is 4.74 Å². The van der Waals surface area contributed by atoms with Gasteiger partial charge in [0.05, 0.1) is 23.1 Å². The van der Waals surface area contributed by atoms with Gasteiger partial charge in [-0.1, -0.05) is 17.7 Å². The third-order valence-corrected chi connectivity index (χ3v) is 5.01. The molecule has 1 unspecified atom stereocenters. The lowest BCUT2D eigenvalue weighted by Crippen LogP contribution is -2.25. The largest absolute Gasteiger partial charge is 0.385 e. The number of allylic oxidation sites excluding steroid dienone is 4. The first-order valence-electron chi connectivity index (χ1n) is 9.87. The van der Waals surface area contributed by atoms with E-state index < -0.39 is 0 Å². The Kier molecular flexibility index (Phi) is 6.99. The summed E-state index contributed by atoms with van der Waals surface area (Å²) in [5.74, 6) is 0.0391. The Labute approximate surface area is 174 Å². The first kappa shape index (κ1) is 21.3. The van der Waals surface area contributed by atoms with Gasteiger partial charge in [0.15, 0.2) is 5.82 Å². The molecule has 0 saturated carbocycles. The smallest absolute Gasteiger partial charge is 0.280 e. The molecule has 2 N–H and O–H groups in total. The van der Waals surface area contributed by atoms with Crippen LogP contribution in [0.1, 0.15) is 42.1 Å². The van der Waals surface area contributed by atoms with Gasteiger partial charge in [0.25, 0.3) is 11.5 Å². The highest BCUT2D eigenvalue weighted by atomic mass is 16.5. The zero-order valence-electron chi connectivity index (χ0n) is 17.1. The number of methoxy groups -OCH3 is 1. The number of pyridine rings is 1. The molecule has 1 amide bonds. The summed E-state index contributed by atoms with van der Waals surface area (Å²) in [6.45, 7) is 3.17. The summed E-state index contributed by atoms with van der Waals surface area (Å²) in [5.41, 5.74) is 2.55. The lowest BCUT2D eigenvalue weighted by atomic mass is 9.89. The van der Waals surface area contributed by atoms with Crippen molar-refractivity contribution >= 4 is 11.5 Å². The first-order chi connectivity index (χ1) is 14.5. The van der Waals surface area contributed by atoms with Crippen LogP contribution in [-0.4, -0.2) is 40.9 Å². The van der Waals surface area contributed by atoms with E-state index in [4.69, 9.17) is 10.00 Å². The summed E-state index contributed by atoms with van der Waals surface area (Å²) >= 11 is 0. The van der Waals surface area contributed by atoms with Crippen LogP contribution in [0.25, 0.3) is 11.4 Å². The van der Waals surface area contributed by atoms with Gasteiger partial charge in [0, 0.05) is 32.7 Å². The zero-order valence-corrected chi connectivity index (χ0v) is 17.1. The number of aromatic amines is 1. The monoisotopic (exact) mass is 407 g/mol. The van der Waals surface area contributed by atoms with E-state index in [-0.39, 0.29) is 17.4 Å². The topological polar surface area (TPSA) is 113 Å². The van der Waals surface area contributed by atoms with Crippen molar-refractivity contribution in [1.29, 1.82) is 5.26 Å². The highest BCUT2D eigenvalue weighted by Crippen LogP contribution is 2.28. The standard InChI is InChI=1S/C22H25N5O3/c1-15-11-16(12-23)5-7-18(15)19-14-26-27(22(19)29)20-8-6-17(13-25-20)21(28)24-9-3-4-10-30-2/h5-8,13-14,16,26H,3-4,9-11H2,1-2H3,(H,24,28). The molecule has 8 heteroatoms. The van der Waals surface area contributed by atoms with Crippen LogP contribution < -0.4 is 10.9 Å². The molecule has 8 nitrogen and oxygen atoms in total. The van der Waals surface area contributed by atoms with Gasteiger partial charge in [-0.05, 0) is 43.9 Å². The predicted molar refractivity (Wildman–Crippen MR) is 113 cm³/mol. The van der Waals surface area contributed by atoms with Crippen LogP contribution in [0.3, 0.4) is 0 Å². The van der Waals surface area contributed by atoms with Crippen LogP contribution in [0, 0.1) is 17.2 Å². The summed E-state index contributed by atoms with van der Waals surface area (Å²) in [6, 6.07) is 5.50. The van der Waals surface area contributed by atoms with E-state index in [1.165, 1.54) is 10.9 Å². The fourth-order valence-electron chi connectivity index (χ4n) is 3.33. The summed E-state index contributed by atoms with van der Waals surface area (Å²) in [4.78, 5) is 29.3. The number of nitriles is 1. The molecule has 3 rings (SSSR count). The fraction of sp³-hybridized carbons (Fsp3) is 0.364. The number of ether oxygens (including phenoxy) is 1. The Balaban J connectivity index is 1.71. The molecule has 0 spiro atoms. The molecule has 0 saturated heterocycles. The number of nitrogens with zero attached hydrogens (tertiary/aromatic N) is 3. The fourth-order valence-corrected chi connectivity index (χ4v) is 3.33. The molecule has 1 aliphatic rings. The van der Waals surface area contributed by atoms with Gasteiger partial charge in [0.1, 0.15) is 0 Å².